The molecule has 1 unspecified atom stereocenters. The molecule has 0 bridgehead atoms. The van der Waals surface area contributed by atoms with Crippen molar-refractivity contribution < 1.29 is 0 Å². The van der Waals surface area contributed by atoms with Crippen molar-refractivity contribution in [2.75, 3.05) is 26.2 Å². The lowest BCUT2D eigenvalue weighted by Gasteiger charge is -2.36. The smallest absolute Gasteiger partial charge is 0.0488 e. The number of nitrogens with one attached hydrogen (secondary N) is 1. The van der Waals surface area contributed by atoms with Crippen LogP contribution in [0, 0.1) is 0 Å². The zero-order chi connectivity index (χ0) is 10.5. The summed E-state index contributed by atoms with van der Waals surface area (Å²) in [4.78, 5) is 6.75. The monoisotopic (exact) mass is 205 g/mol. The minimum absolute atomic E-state index is 0.507. The molecule has 0 radical (unpaired) electrons. The van der Waals surface area contributed by atoms with Gasteiger partial charge in [-0.25, -0.2) is 0 Å². The zero-order valence-electron chi connectivity index (χ0n) is 9.32. The van der Waals surface area contributed by atoms with Crippen molar-refractivity contribution in [3.63, 3.8) is 0 Å². The second kappa shape index (κ2) is 5.24. The highest BCUT2D eigenvalue weighted by Gasteiger charge is 2.22. The predicted octanol–water partition coefficient (Wildman–Crippen LogP) is 1.44. The quantitative estimate of drug-likeness (QED) is 0.809. The van der Waals surface area contributed by atoms with E-state index in [1.807, 2.05) is 18.5 Å². The van der Waals surface area contributed by atoms with Crippen LogP contribution in [0.4, 0.5) is 0 Å². The SMILES string of the molecule is CCCN1CCNCC1c1cccnc1. The van der Waals surface area contributed by atoms with Gasteiger partial charge in [-0.1, -0.05) is 13.0 Å². The Morgan fingerprint density at radius 1 is 1.60 bits per heavy atom. The first-order valence-corrected chi connectivity index (χ1v) is 5.76. The molecule has 1 N–H and O–H groups in total. The van der Waals surface area contributed by atoms with E-state index in [1.54, 1.807) is 0 Å². The molecular weight excluding hydrogens is 186 g/mol. The summed E-state index contributed by atoms with van der Waals surface area (Å²) in [6.07, 6.45) is 5.04. The second-order valence-electron chi connectivity index (χ2n) is 4.04. The number of pyridine rings is 1. The van der Waals surface area contributed by atoms with E-state index >= 15 is 0 Å². The van der Waals surface area contributed by atoms with Crippen LogP contribution in [-0.2, 0) is 0 Å². The number of hydrogen-bond donors (Lipinski definition) is 1. The highest BCUT2D eigenvalue weighted by molar-refractivity contribution is 5.15. The third-order valence-corrected chi connectivity index (χ3v) is 2.93. The van der Waals surface area contributed by atoms with Crippen molar-refractivity contribution in [2.45, 2.75) is 19.4 Å². The molecule has 1 aliphatic rings. The summed E-state index contributed by atoms with van der Waals surface area (Å²) in [5, 5.41) is 3.45. The van der Waals surface area contributed by atoms with E-state index in [0.717, 1.165) is 19.6 Å². The number of hydrogen-bond acceptors (Lipinski definition) is 3. The van der Waals surface area contributed by atoms with E-state index in [4.69, 9.17) is 0 Å². The Labute approximate surface area is 91.5 Å². The molecule has 15 heavy (non-hydrogen) atoms. The van der Waals surface area contributed by atoms with E-state index < -0.39 is 0 Å². The minimum atomic E-state index is 0.507. The molecule has 0 spiro atoms. The van der Waals surface area contributed by atoms with Gasteiger partial charge in [-0.2, -0.15) is 0 Å². The summed E-state index contributed by atoms with van der Waals surface area (Å²) >= 11 is 0. The van der Waals surface area contributed by atoms with Crippen molar-refractivity contribution >= 4 is 0 Å². The molecule has 1 aliphatic heterocycles. The normalized spacial score (nSPS) is 22.9. The maximum atomic E-state index is 4.20. The van der Waals surface area contributed by atoms with Crippen molar-refractivity contribution in [1.29, 1.82) is 0 Å². The molecule has 82 valence electrons. The van der Waals surface area contributed by atoms with Gasteiger partial charge in [-0.15, -0.1) is 0 Å². The fourth-order valence-corrected chi connectivity index (χ4v) is 2.20. The lowest BCUT2D eigenvalue weighted by molar-refractivity contribution is 0.162. The molecule has 1 fully saturated rings. The van der Waals surface area contributed by atoms with Gasteiger partial charge in [-0.05, 0) is 24.6 Å². The number of nitrogens with zero attached hydrogens (tertiary/aromatic N) is 2. The molecule has 0 amide bonds. The van der Waals surface area contributed by atoms with Crippen LogP contribution in [0.15, 0.2) is 24.5 Å². The number of aromatic nitrogens is 1. The summed E-state index contributed by atoms with van der Waals surface area (Å²) in [6, 6.07) is 4.70. The van der Waals surface area contributed by atoms with E-state index in [1.165, 1.54) is 18.5 Å². The Kier molecular flexibility index (Phi) is 3.69. The van der Waals surface area contributed by atoms with Gasteiger partial charge < -0.3 is 5.32 Å². The van der Waals surface area contributed by atoms with Gasteiger partial charge in [0.2, 0.25) is 0 Å². The van der Waals surface area contributed by atoms with Crippen molar-refractivity contribution in [3.8, 4) is 0 Å². The fourth-order valence-electron chi connectivity index (χ4n) is 2.20. The summed E-state index contributed by atoms with van der Waals surface area (Å²) in [5.74, 6) is 0. The first-order chi connectivity index (χ1) is 7.42. The molecular formula is C12H19N3. The first kappa shape index (κ1) is 10.6. The van der Waals surface area contributed by atoms with Crippen LogP contribution < -0.4 is 5.32 Å². The Hall–Kier alpha value is -0.930. The fraction of sp³-hybridized carbons (Fsp3) is 0.583. The van der Waals surface area contributed by atoms with E-state index in [0.29, 0.717) is 6.04 Å². The Bertz CT molecular complexity index is 284. The van der Waals surface area contributed by atoms with Crippen LogP contribution in [-0.4, -0.2) is 36.1 Å². The van der Waals surface area contributed by atoms with Gasteiger partial charge >= 0.3 is 0 Å². The molecule has 1 saturated heterocycles. The van der Waals surface area contributed by atoms with Crippen LogP contribution in [0.1, 0.15) is 24.9 Å². The first-order valence-electron chi connectivity index (χ1n) is 5.76. The number of rotatable bonds is 3. The average Bonchev–Trinajstić information content (AvgIpc) is 2.31. The third kappa shape index (κ3) is 2.55. The lowest BCUT2D eigenvalue weighted by Crippen LogP contribution is -2.46. The Balaban J connectivity index is 2.11. The Morgan fingerprint density at radius 3 is 3.27 bits per heavy atom. The molecule has 1 aromatic heterocycles. The van der Waals surface area contributed by atoms with Gasteiger partial charge in [0.05, 0.1) is 0 Å². The minimum Gasteiger partial charge on any atom is -0.314 e. The van der Waals surface area contributed by atoms with Crippen molar-refractivity contribution in [2.24, 2.45) is 0 Å². The topological polar surface area (TPSA) is 28.2 Å². The summed E-state index contributed by atoms with van der Waals surface area (Å²) in [5.41, 5.74) is 1.33. The van der Waals surface area contributed by atoms with Gasteiger partial charge in [0, 0.05) is 38.1 Å². The Morgan fingerprint density at radius 2 is 2.53 bits per heavy atom. The molecule has 2 rings (SSSR count). The third-order valence-electron chi connectivity index (χ3n) is 2.93. The van der Waals surface area contributed by atoms with Gasteiger partial charge in [0.25, 0.3) is 0 Å². The molecule has 2 heterocycles. The lowest BCUT2D eigenvalue weighted by atomic mass is 10.1. The zero-order valence-corrected chi connectivity index (χ0v) is 9.32. The van der Waals surface area contributed by atoms with Crippen molar-refractivity contribution in [3.05, 3.63) is 30.1 Å². The highest BCUT2D eigenvalue weighted by atomic mass is 15.2. The van der Waals surface area contributed by atoms with Crippen LogP contribution >= 0.6 is 0 Å². The van der Waals surface area contributed by atoms with E-state index in [2.05, 4.69) is 28.2 Å². The van der Waals surface area contributed by atoms with Crippen molar-refractivity contribution in [1.82, 2.24) is 15.2 Å². The average molecular weight is 205 g/mol. The van der Waals surface area contributed by atoms with Crippen LogP contribution in [0.5, 0.6) is 0 Å². The second-order valence-corrected chi connectivity index (χ2v) is 4.04. The molecule has 3 nitrogen and oxygen atoms in total. The molecule has 1 aromatic rings. The van der Waals surface area contributed by atoms with Crippen LogP contribution in [0.2, 0.25) is 0 Å². The summed E-state index contributed by atoms with van der Waals surface area (Å²) < 4.78 is 0. The summed E-state index contributed by atoms with van der Waals surface area (Å²) in [7, 11) is 0. The molecule has 0 aromatic carbocycles. The molecule has 3 heteroatoms. The van der Waals surface area contributed by atoms with Gasteiger partial charge in [0.1, 0.15) is 0 Å². The maximum Gasteiger partial charge on any atom is 0.0488 e. The van der Waals surface area contributed by atoms with E-state index in [9.17, 15) is 0 Å². The number of piperazine rings is 1. The van der Waals surface area contributed by atoms with Crippen LogP contribution in [0.3, 0.4) is 0 Å². The molecule has 0 aliphatic carbocycles. The van der Waals surface area contributed by atoms with Gasteiger partial charge in [-0.3, -0.25) is 9.88 Å². The van der Waals surface area contributed by atoms with Gasteiger partial charge in [0.15, 0.2) is 0 Å². The predicted molar refractivity (Wildman–Crippen MR) is 61.7 cm³/mol. The van der Waals surface area contributed by atoms with E-state index in [-0.39, 0.29) is 0 Å². The standard InChI is InChI=1S/C12H19N3/c1-2-7-15-8-6-14-10-12(15)11-4-3-5-13-9-11/h3-5,9,12,14H,2,6-8,10H2,1H3. The maximum absolute atomic E-state index is 4.20. The van der Waals surface area contributed by atoms with Crippen LogP contribution in [0.25, 0.3) is 0 Å². The molecule has 1 atom stereocenters. The summed E-state index contributed by atoms with van der Waals surface area (Å²) in [6.45, 7) is 6.72. The highest BCUT2D eigenvalue weighted by Crippen LogP contribution is 2.21. The molecule has 0 saturated carbocycles. The largest absolute Gasteiger partial charge is 0.314 e.